The van der Waals surface area contributed by atoms with E-state index in [1.807, 2.05) is 32.9 Å². The Balaban J connectivity index is 2.10. The van der Waals surface area contributed by atoms with E-state index in [9.17, 15) is 31.2 Å². The first-order valence-corrected chi connectivity index (χ1v) is 15.1. The number of nitrogens with one attached hydrogen (secondary N) is 1. The van der Waals surface area contributed by atoms with E-state index in [2.05, 4.69) is 5.32 Å². The van der Waals surface area contributed by atoms with Gasteiger partial charge in [-0.3, -0.25) is 13.9 Å². The average molecular weight is 624 g/mol. The number of hydrogen-bond donors (Lipinski definition) is 1. The number of amides is 2. The Morgan fingerprint density at radius 3 is 2.17 bits per heavy atom. The molecule has 0 aliphatic heterocycles. The van der Waals surface area contributed by atoms with Gasteiger partial charge in [-0.1, -0.05) is 66.6 Å². The maximum atomic E-state index is 13.9. The van der Waals surface area contributed by atoms with E-state index >= 15 is 0 Å². The molecule has 0 fully saturated rings. The number of carbonyl (C=O) groups is 2. The van der Waals surface area contributed by atoms with Crippen molar-refractivity contribution in [2.24, 2.45) is 0 Å². The number of sulfonamides is 1. The zero-order valence-corrected chi connectivity index (χ0v) is 25.2. The number of aryl methyl sites for hydroxylation is 1. The number of nitrogens with zero attached hydrogens (tertiary/aromatic N) is 2. The molecule has 0 spiro atoms. The summed E-state index contributed by atoms with van der Waals surface area (Å²) in [6.45, 7) is 6.19. The summed E-state index contributed by atoms with van der Waals surface area (Å²) >= 11 is 5.80. The lowest BCUT2D eigenvalue weighted by molar-refractivity contribution is -0.139. The molecule has 0 saturated heterocycles. The molecule has 0 saturated carbocycles. The fourth-order valence-electron chi connectivity index (χ4n) is 4.07. The van der Waals surface area contributed by atoms with Gasteiger partial charge in [0.1, 0.15) is 12.6 Å². The predicted molar refractivity (Wildman–Crippen MR) is 157 cm³/mol. The molecule has 2 amide bonds. The van der Waals surface area contributed by atoms with Crippen molar-refractivity contribution in [2.75, 3.05) is 10.8 Å². The summed E-state index contributed by atoms with van der Waals surface area (Å²) in [7, 11) is -4.53. The van der Waals surface area contributed by atoms with Crippen LogP contribution in [0.3, 0.4) is 0 Å². The second kappa shape index (κ2) is 13.6. The molecule has 0 bridgehead atoms. The Bertz CT molecular complexity index is 1500. The summed E-state index contributed by atoms with van der Waals surface area (Å²) in [6.07, 6.45) is -4.23. The van der Waals surface area contributed by atoms with Crippen LogP contribution in [-0.4, -0.2) is 43.8 Å². The first-order chi connectivity index (χ1) is 19.6. The van der Waals surface area contributed by atoms with E-state index in [4.69, 9.17) is 11.6 Å². The maximum absolute atomic E-state index is 13.9. The number of alkyl halides is 3. The van der Waals surface area contributed by atoms with Gasteiger partial charge in [0.25, 0.3) is 10.0 Å². The minimum atomic E-state index is -4.88. The molecule has 2 unspecified atom stereocenters. The van der Waals surface area contributed by atoms with Crippen molar-refractivity contribution in [3.63, 3.8) is 0 Å². The summed E-state index contributed by atoms with van der Waals surface area (Å²) in [5, 5.41) is 2.21. The van der Waals surface area contributed by atoms with Crippen molar-refractivity contribution in [1.29, 1.82) is 0 Å². The second-order valence-corrected chi connectivity index (χ2v) is 12.3. The second-order valence-electron chi connectivity index (χ2n) is 9.99. The zero-order chi connectivity index (χ0) is 31.2. The smallest absolute Gasteiger partial charge is 0.352 e. The third-order valence-electron chi connectivity index (χ3n) is 6.80. The first-order valence-electron chi connectivity index (χ1n) is 13.2. The van der Waals surface area contributed by atoms with E-state index in [1.165, 1.54) is 36.1 Å². The van der Waals surface area contributed by atoms with Crippen LogP contribution < -0.4 is 9.62 Å². The molecule has 2 atom stereocenters. The van der Waals surface area contributed by atoms with E-state index in [0.717, 1.165) is 17.7 Å². The molecule has 0 radical (unpaired) electrons. The molecule has 12 heteroatoms. The fraction of sp³-hybridized carbons (Fsp3) is 0.333. The summed E-state index contributed by atoms with van der Waals surface area (Å²) < 4.78 is 69.4. The standard InChI is InChI=1S/C30H33ClF3N3O4S/c1-5-21(3)35-29(39)22(4)36(18-23-13-11-20(2)12-14-23)28(38)19-37(42(40,41)25-9-7-6-8-10-25)24-15-16-27(31)26(17-24)30(32,33)34/h6-17,21-22H,5,18-19H2,1-4H3,(H,35,39). The van der Waals surface area contributed by atoms with Crippen LogP contribution in [-0.2, 0) is 32.3 Å². The van der Waals surface area contributed by atoms with E-state index in [1.54, 1.807) is 18.2 Å². The van der Waals surface area contributed by atoms with Gasteiger partial charge in [0, 0.05) is 12.6 Å². The van der Waals surface area contributed by atoms with Gasteiger partial charge < -0.3 is 10.2 Å². The number of rotatable bonds is 11. The molecule has 0 aromatic heterocycles. The fourth-order valence-corrected chi connectivity index (χ4v) is 5.72. The molecule has 1 N–H and O–H groups in total. The minimum absolute atomic E-state index is 0.0398. The van der Waals surface area contributed by atoms with Crippen molar-refractivity contribution in [1.82, 2.24) is 10.2 Å². The van der Waals surface area contributed by atoms with Crippen LogP contribution >= 0.6 is 11.6 Å². The predicted octanol–water partition coefficient (Wildman–Crippen LogP) is 6.19. The first kappa shape index (κ1) is 32.9. The Hall–Kier alpha value is -3.57. The maximum Gasteiger partial charge on any atom is 0.417 e. The third kappa shape index (κ3) is 8.04. The Labute approximate surface area is 249 Å². The average Bonchev–Trinajstić information content (AvgIpc) is 2.95. The van der Waals surface area contributed by atoms with Gasteiger partial charge in [0.2, 0.25) is 11.8 Å². The monoisotopic (exact) mass is 623 g/mol. The largest absolute Gasteiger partial charge is 0.417 e. The normalized spacial score (nSPS) is 13.2. The van der Waals surface area contributed by atoms with E-state index in [-0.39, 0.29) is 17.5 Å². The van der Waals surface area contributed by atoms with Crippen molar-refractivity contribution >= 4 is 39.1 Å². The lowest BCUT2D eigenvalue weighted by Gasteiger charge is -2.32. The number of hydrogen-bond acceptors (Lipinski definition) is 4. The number of benzene rings is 3. The quantitative estimate of drug-likeness (QED) is 0.276. The summed E-state index contributed by atoms with van der Waals surface area (Å²) in [5.41, 5.74) is -0.000839. The lowest BCUT2D eigenvalue weighted by atomic mass is 10.1. The highest BCUT2D eigenvalue weighted by Crippen LogP contribution is 2.38. The summed E-state index contributed by atoms with van der Waals surface area (Å²) in [4.78, 5) is 28.0. The molecular formula is C30H33ClF3N3O4S. The molecule has 3 rings (SSSR count). The number of halogens is 4. The molecular weight excluding hydrogens is 591 g/mol. The number of carbonyl (C=O) groups excluding carboxylic acids is 2. The summed E-state index contributed by atoms with van der Waals surface area (Å²) in [5.74, 6) is -1.24. The van der Waals surface area contributed by atoms with Gasteiger partial charge in [-0.15, -0.1) is 0 Å². The van der Waals surface area contributed by atoms with E-state index in [0.29, 0.717) is 22.4 Å². The number of anilines is 1. The molecule has 226 valence electrons. The van der Waals surface area contributed by atoms with Gasteiger partial charge in [-0.25, -0.2) is 8.42 Å². The lowest BCUT2D eigenvalue weighted by Crippen LogP contribution is -2.52. The zero-order valence-electron chi connectivity index (χ0n) is 23.7. The van der Waals surface area contributed by atoms with Crippen LogP contribution in [0.25, 0.3) is 0 Å². The third-order valence-corrected chi connectivity index (χ3v) is 8.91. The minimum Gasteiger partial charge on any atom is -0.352 e. The van der Waals surface area contributed by atoms with Crippen LogP contribution in [0.2, 0.25) is 5.02 Å². The summed E-state index contributed by atoms with van der Waals surface area (Å²) in [6, 6.07) is 15.7. The van der Waals surface area contributed by atoms with Gasteiger partial charge >= 0.3 is 6.18 Å². The van der Waals surface area contributed by atoms with Gasteiger partial charge in [0.15, 0.2) is 0 Å². The molecule has 7 nitrogen and oxygen atoms in total. The Kier molecular flexibility index (Phi) is 10.7. The van der Waals surface area contributed by atoms with Gasteiger partial charge in [-0.2, -0.15) is 13.2 Å². The topological polar surface area (TPSA) is 86.8 Å². The van der Waals surface area contributed by atoms with Crippen LogP contribution in [0, 0.1) is 6.92 Å². The van der Waals surface area contributed by atoms with Gasteiger partial charge in [0.05, 0.1) is 21.2 Å². The Morgan fingerprint density at radius 2 is 1.60 bits per heavy atom. The van der Waals surface area contributed by atoms with Crippen molar-refractivity contribution in [2.45, 2.75) is 63.8 Å². The molecule has 0 aliphatic carbocycles. The van der Waals surface area contributed by atoms with Gasteiger partial charge in [-0.05, 0) is 63.1 Å². The molecule has 3 aromatic rings. The Morgan fingerprint density at radius 1 is 0.976 bits per heavy atom. The highest BCUT2D eigenvalue weighted by atomic mass is 35.5. The van der Waals surface area contributed by atoms with Crippen LogP contribution in [0.4, 0.5) is 18.9 Å². The molecule has 42 heavy (non-hydrogen) atoms. The van der Waals surface area contributed by atoms with E-state index < -0.39 is 56.9 Å². The molecule has 3 aromatic carbocycles. The molecule has 0 aliphatic rings. The molecule has 0 heterocycles. The van der Waals surface area contributed by atoms with Crippen LogP contribution in [0.1, 0.15) is 43.9 Å². The van der Waals surface area contributed by atoms with Crippen molar-refractivity contribution < 1.29 is 31.2 Å². The van der Waals surface area contributed by atoms with Crippen molar-refractivity contribution in [3.05, 3.63) is 94.5 Å². The highest BCUT2D eigenvalue weighted by molar-refractivity contribution is 7.92. The van der Waals surface area contributed by atoms with Crippen molar-refractivity contribution in [3.8, 4) is 0 Å². The highest BCUT2D eigenvalue weighted by Gasteiger charge is 2.37. The van der Waals surface area contributed by atoms with Crippen LogP contribution in [0.5, 0.6) is 0 Å². The SMILES string of the molecule is CCC(C)NC(=O)C(C)N(Cc1ccc(C)cc1)C(=O)CN(c1ccc(Cl)c(C(F)(F)F)c1)S(=O)(=O)c1ccccc1. The van der Waals surface area contributed by atoms with Crippen LogP contribution in [0.15, 0.2) is 77.7 Å².